The Balaban J connectivity index is 1.60. The molecule has 4 fully saturated rings. The number of anilines is 1. The van der Waals surface area contributed by atoms with E-state index in [1.807, 2.05) is 13.0 Å². The molecule has 2 amide bonds. The molecule has 2 unspecified atom stereocenters. The van der Waals surface area contributed by atoms with Crippen LogP contribution in [0.1, 0.15) is 81.5 Å². The van der Waals surface area contributed by atoms with Gasteiger partial charge in [-0.1, -0.05) is 27.7 Å². The van der Waals surface area contributed by atoms with E-state index in [1.54, 1.807) is 11.3 Å². The summed E-state index contributed by atoms with van der Waals surface area (Å²) >= 11 is 1.57. The highest BCUT2D eigenvalue weighted by Gasteiger charge is 2.61. The lowest BCUT2D eigenvalue weighted by atomic mass is 9.75. The number of hydrogen-bond donors (Lipinski definition) is 2. The second-order valence-electron chi connectivity index (χ2n) is 10.0. The van der Waals surface area contributed by atoms with E-state index < -0.39 is 0 Å². The second kappa shape index (κ2) is 6.61. The summed E-state index contributed by atoms with van der Waals surface area (Å²) in [6.45, 7) is 9.14. The molecule has 1 aromatic rings. The van der Waals surface area contributed by atoms with Crippen LogP contribution in [-0.2, 0) is 10.2 Å². The van der Waals surface area contributed by atoms with Gasteiger partial charge in [-0.2, -0.15) is 0 Å². The minimum atomic E-state index is -0.170. The van der Waals surface area contributed by atoms with E-state index >= 15 is 0 Å². The molecule has 2 N–H and O–H groups in total. The largest absolute Gasteiger partial charge is 0.352 e. The standard InChI is InChI=1S/C22H32N2O2S/c1-5-6-23-18(25)16-10-17(21(2,3)4)27-19(16)24-20(26)22-11-13-7-14(12-22)9-15(22)8-13/h10,13-15H,5-9,11-12H2,1-4H3,(H,23,25)(H,24,26). The Morgan fingerprint density at radius 3 is 2.44 bits per heavy atom. The molecular formula is C22H32N2O2S. The molecule has 4 aliphatic carbocycles. The lowest BCUT2D eigenvalue weighted by Gasteiger charge is -2.31. The van der Waals surface area contributed by atoms with Crippen LogP contribution in [-0.4, -0.2) is 18.4 Å². The van der Waals surface area contributed by atoms with Crippen LogP contribution in [0.3, 0.4) is 0 Å². The number of rotatable bonds is 5. The summed E-state index contributed by atoms with van der Waals surface area (Å²) in [7, 11) is 0. The minimum Gasteiger partial charge on any atom is -0.352 e. The predicted octanol–water partition coefficient (Wildman–Crippen LogP) is 4.95. The number of carbonyl (C=O) groups excluding carboxylic acids is 2. The molecule has 2 atom stereocenters. The average molecular weight is 389 g/mol. The second-order valence-corrected chi connectivity index (χ2v) is 11.1. The van der Waals surface area contributed by atoms with E-state index in [1.165, 1.54) is 19.3 Å². The van der Waals surface area contributed by atoms with E-state index in [0.29, 0.717) is 18.0 Å². The molecule has 4 aliphatic rings. The SMILES string of the molecule is CCCNC(=O)c1cc(C(C)(C)C)sc1NC(=O)C12CC3CC(CC1C3)C2. The van der Waals surface area contributed by atoms with Crippen molar-refractivity contribution in [3.8, 4) is 0 Å². The number of amides is 2. The zero-order valence-electron chi connectivity index (χ0n) is 17.0. The maximum atomic E-state index is 13.4. The molecule has 0 aliphatic heterocycles. The van der Waals surface area contributed by atoms with Gasteiger partial charge >= 0.3 is 0 Å². The fourth-order valence-corrected chi connectivity index (χ4v) is 6.86. The summed E-state index contributed by atoms with van der Waals surface area (Å²) in [4.78, 5) is 27.2. The van der Waals surface area contributed by atoms with Crippen molar-refractivity contribution < 1.29 is 9.59 Å². The highest BCUT2D eigenvalue weighted by atomic mass is 32.1. The summed E-state index contributed by atoms with van der Waals surface area (Å²) < 4.78 is 0. The van der Waals surface area contributed by atoms with Gasteiger partial charge in [0.2, 0.25) is 5.91 Å². The van der Waals surface area contributed by atoms with Crippen molar-refractivity contribution in [2.24, 2.45) is 23.2 Å². The number of thiophene rings is 1. The van der Waals surface area contributed by atoms with E-state index in [2.05, 4.69) is 31.4 Å². The first-order valence-corrected chi connectivity index (χ1v) is 11.3. The van der Waals surface area contributed by atoms with Crippen molar-refractivity contribution in [3.63, 3.8) is 0 Å². The Labute approximate surface area is 166 Å². The van der Waals surface area contributed by atoms with Crippen LogP contribution >= 0.6 is 11.3 Å². The van der Waals surface area contributed by atoms with Crippen LogP contribution in [0.4, 0.5) is 5.00 Å². The lowest BCUT2D eigenvalue weighted by molar-refractivity contribution is -0.127. The summed E-state index contributed by atoms with van der Waals surface area (Å²) in [5.41, 5.74) is 0.411. The fraction of sp³-hybridized carbons (Fsp3) is 0.727. The van der Waals surface area contributed by atoms with Crippen molar-refractivity contribution in [3.05, 3.63) is 16.5 Å². The van der Waals surface area contributed by atoms with Crippen molar-refractivity contribution in [2.45, 2.75) is 71.6 Å². The van der Waals surface area contributed by atoms with Gasteiger partial charge < -0.3 is 10.6 Å². The Morgan fingerprint density at radius 2 is 1.85 bits per heavy atom. The first kappa shape index (κ1) is 19.0. The van der Waals surface area contributed by atoms with Gasteiger partial charge in [0, 0.05) is 11.4 Å². The summed E-state index contributed by atoms with van der Waals surface area (Å²) in [6.07, 6.45) is 6.78. The van der Waals surface area contributed by atoms with Crippen molar-refractivity contribution in [2.75, 3.05) is 11.9 Å². The average Bonchev–Trinajstić information content (AvgIpc) is 3.20. The van der Waals surface area contributed by atoms with E-state index in [9.17, 15) is 9.59 Å². The molecule has 1 aromatic heterocycles. The zero-order chi connectivity index (χ0) is 19.4. The van der Waals surface area contributed by atoms with Crippen LogP contribution in [0.2, 0.25) is 0 Å². The molecule has 0 radical (unpaired) electrons. The molecule has 1 heterocycles. The smallest absolute Gasteiger partial charge is 0.254 e. The fourth-order valence-electron chi connectivity index (χ4n) is 5.75. The first-order chi connectivity index (χ1) is 12.7. The maximum Gasteiger partial charge on any atom is 0.254 e. The van der Waals surface area contributed by atoms with E-state index in [4.69, 9.17) is 0 Å². The van der Waals surface area contributed by atoms with Crippen molar-refractivity contribution in [1.29, 1.82) is 0 Å². The normalized spacial score (nSPS) is 31.3. The molecule has 5 heteroatoms. The molecule has 148 valence electrons. The Bertz CT molecular complexity index is 747. The van der Waals surface area contributed by atoms with Gasteiger partial charge in [0.25, 0.3) is 5.91 Å². The third-order valence-corrected chi connectivity index (χ3v) is 8.40. The molecule has 0 spiro atoms. The van der Waals surface area contributed by atoms with Crippen LogP contribution in [0, 0.1) is 23.2 Å². The quantitative estimate of drug-likeness (QED) is 0.750. The van der Waals surface area contributed by atoms with E-state index in [-0.39, 0.29) is 22.6 Å². The molecule has 4 nitrogen and oxygen atoms in total. The molecule has 0 saturated heterocycles. The molecule has 0 aromatic carbocycles. The Morgan fingerprint density at radius 1 is 1.19 bits per heavy atom. The topological polar surface area (TPSA) is 58.2 Å². The van der Waals surface area contributed by atoms with Crippen LogP contribution in [0.5, 0.6) is 0 Å². The van der Waals surface area contributed by atoms with Gasteiger partial charge in [-0.15, -0.1) is 11.3 Å². The molecular weight excluding hydrogens is 356 g/mol. The van der Waals surface area contributed by atoms with Gasteiger partial charge in [-0.05, 0) is 67.8 Å². The zero-order valence-corrected chi connectivity index (χ0v) is 17.8. The Hall–Kier alpha value is -1.36. The number of nitrogens with one attached hydrogen (secondary N) is 2. The van der Waals surface area contributed by atoms with E-state index in [0.717, 1.165) is 41.0 Å². The molecule has 5 rings (SSSR count). The van der Waals surface area contributed by atoms with Gasteiger partial charge in [0.05, 0.1) is 11.0 Å². The lowest BCUT2D eigenvalue weighted by Crippen LogP contribution is -2.37. The van der Waals surface area contributed by atoms with Crippen LogP contribution in [0.15, 0.2) is 6.07 Å². The molecule has 27 heavy (non-hydrogen) atoms. The first-order valence-electron chi connectivity index (χ1n) is 10.5. The van der Waals surface area contributed by atoms with Crippen molar-refractivity contribution in [1.82, 2.24) is 5.32 Å². The highest BCUT2D eigenvalue weighted by molar-refractivity contribution is 7.16. The third-order valence-electron chi connectivity index (χ3n) is 6.92. The molecule has 4 saturated carbocycles. The summed E-state index contributed by atoms with van der Waals surface area (Å²) in [5.74, 6) is 2.14. The van der Waals surface area contributed by atoms with Gasteiger partial charge in [-0.3, -0.25) is 9.59 Å². The number of carbonyl (C=O) groups is 2. The summed E-state index contributed by atoms with van der Waals surface area (Å²) in [6, 6.07) is 1.97. The Kier molecular flexibility index (Phi) is 4.65. The van der Waals surface area contributed by atoms with Crippen LogP contribution in [0.25, 0.3) is 0 Å². The highest BCUT2D eigenvalue weighted by Crippen LogP contribution is 2.65. The van der Waals surface area contributed by atoms with Gasteiger partial charge in [-0.25, -0.2) is 0 Å². The molecule has 4 bridgehead atoms. The van der Waals surface area contributed by atoms with Gasteiger partial charge in [0.1, 0.15) is 5.00 Å². The van der Waals surface area contributed by atoms with Crippen LogP contribution < -0.4 is 10.6 Å². The third kappa shape index (κ3) is 3.22. The predicted molar refractivity (Wildman–Crippen MR) is 110 cm³/mol. The monoisotopic (exact) mass is 388 g/mol. The minimum absolute atomic E-state index is 0.0450. The summed E-state index contributed by atoms with van der Waals surface area (Å²) in [5, 5.41) is 6.93. The maximum absolute atomic E-state index is 13.4. The number of hydrogen-bond acceptors (Lipinski definition) is 3. The van der Waals surface area contributed by atoms with Gasteiger partial charge in [0.15, 0.2) is 0 Å². The van der Waals surface area contributed by atoms with Crippen molar-refractivity contribution >= 4 is 28.2 Å².